The van der Waals surface area contributed by atoms with E-state index < -0.39 is 126 Å². The topological polar surface area (TPSA) is 335 Å². The molecule has 103 heavy (non-hydrogen) atoms. The number of imide groups is 1. The highest BCUT2D eigenvalue weighted by Crippen LogP contribution is 2.33. The van der Waals surface area contributed by atoms with Crippen molar-refractivity contribution in [1.29, 1.82) is 0 Å². The number of ketones is 2. The van der Waals surface area contributed by atoms with Crippen molar-refractivity contribution in [3.8, 4) is 0 Å². The summed E-state index contributed by atoms with van der Waals surface area (Å²) in [6.45, 7) is 18.3. The first-order valence-electron chi connectivity index (χ1n) is 36.5. The zero-order chi connectivity index (χ0) is 77.0. The van der Waals surface area contributed by atoms with Gasteiger partial charge >= 0.3 is 18.3 Å². The van der Waals surface area contributed by atoms with Crippen molar-refractivity contribution < 1.29 is 85.2 Å². The second-order valence-corrected chi connectivity index (χ2v) is 28.9. The van der Waals surface area contributed by atoms with Crippen LogP contribution >= 0.6 is 0 Å². The number of nitrogens with two attached hydrogens (primary N) is 1. The molecule has 2 saturated heterocycles. The molecule has 0 bridgehead atoms. The molecular formula is C75H117F3N10O15. The Kier molecular flexibility index (Phi) is 36.7. The molecule has 25 nitrogen and oxygen atoms in total. The minimum Gasteiger partial charge on any atom is -0.445 e. The summed E-state index contributed by atoms with van der Waals surface area (Å²) in [5.74, 6) is -6.22. The van der Waals surface area contributed by atoms with Crippen molar-refractivity contribution in [1.82, 2.24) is 46.2 Å². The highest BCUT2D eigenvalue weighted by atomic mass is 19.4. The van der Waals surface area contributed by atoms with Crippen molar-refractivity contribution in [2.75, 3.05) is 54.5 Å². The number of aliphatic hydroxyl groups is 1. The number of likely N-dealkylation sites (N-methyl/N-ethyl adjacent to an activating group) is 2. The number of Topliss-reactive ketones (excluding diaryl/α,β-unsaturated/α-hetero) is 2. The smallest absolute Gasteiger partial charge is 0.410 e. The Morgan fingerprint density at radius 3 is 1.89 bits per heavy atom. The van der Waals surface area contributed by atoms with Gasteiger partial charge in [-0.15, -0.1) is 0 Å². The Morgan fingerprint density at radius 1 is 0.699 bits per heavy atom. The first kappa shape index (κ1) is 87.8. The molecule has 4 rings (SSSR count). The van der Waals surface area contributed by atoms with E-state index in [9.17, 15) is 71.0 Å². The zero-order valence-electron chi connectivity index (χ0n) is 62.9. The number of amides is 10. The zero-order valence-corrected chi connectivity index (χ0v) is 62.9. The number of benzene rings is 2. The number of hydrogen-bond donors (Lipinski definition) is 7. The number of primary amides is 1. The lowest BCUT2D eigenvalue weighted by Crippen LogP contribution is -2.60. The number of hydrogen-bond acceptors (Lipinski definition) is 16. The maximum atomic E-state index is 14.8. The minimum atomic E-state index is -4.74. The van der Waals surface area contributed by atoms with Gasteiger partial charge < -0.3 is 56.1 Å². The van der Waals surface area contributed by atoms with Crippen molar-refractivity contribution in [2.24, 2.45) is 41.2 Å². The maximum Gasteiger partial charge on any atom is 0.410 e. The molecule has 2 aromatic rings. The summed E-state index contributed by atoms with van der Waals surface area (Å²) in [6, 6.07) is 7.31. The number of unbranched alkanes of at least 4 members (excludes halogenated alkanes) is 2. The predicted octanol–water partition coefficient (Wildman–Crippen LogP) is 7.87. The number of alkyl halides is 3. The highest BCUT2D eigenvalue weighted by Gasteiger charge is 2.45. The molecule has 2 fully saturated rings. The number of nitrogens with one attached hydrogen (secondary N) is 5. The lowest BCUT2D eigenvalue weighted by atomic mass is 9.85. The largest absolute Gasteiger partial charge is 0.445 e. The van der Waals surface area contributed by atoms with Gasteiger partial charge in [-0.1, -0.05) is 143 Å². The lowest BCUT2D eigenvalue weighted by molar-refractivity contribution is -0.162. The second-order valence-electron chi connectivity index (χ2n) is 28.9. The monoisotopic (exact) mass is 1450 g/mol. The number of likely N-dealkylation sites (tertiary alicyclic amines) is 2. The number of carbonyl (C=O) groups excluding carboxylic acids is 11. The van der Waals surface area contributed by atoms with Gasteiger partial charge in [0.05, 0.1) is 42.9 Å². The van der Waals surface area contributed by atoms with Crippen LogP contribution in [0.5, 0.6) is 0 Å². The summed E-state index contributed by atoms with van der Waals surface area (Å²) in [7, 11) is 6.11. The third-order valence-electron chi connectivity index (χ3n) is 20.0. The third-order valence-corrected chi connectivity index (χ3v) is 20.0. The van der Waals surface area contributed by atoms with E-state index in [-0.39, 0.29) is 138 Å². The number of carbonyl (C=O) groups is 11. The first-order chi connectivity index (χ1) is 48.6. The van der Waals surface area contributed by atoms with Gasteiger partial charge in [0.15, 0.2) is 0 Å². The first-order valence-corrected chi connectivity index (χ1v) is 36.5. The van der Waals surface area contributed by atoms with Crippen molar-refractivity contribution in [2.45, 2.75) is 245 Å². The molecule has 28 heteroatoms. The van der Waals surface area contributed by atoms with Crippen LogP contribution in [0.15, 0.2) is 54.6 Å². The van der Waals surface area contributed by atoms with E-state index in [2.05, 4.69) is 26.6 Å². The Labute approximate surface area is 606 Å². The molecule has 13 atom stereocenters. The van der Waals surface area contributed by atoms with Crippen molar-refractivity contribution in [3.05, 3.63) is 71.3 Å². The van der Waals surface area contributed by atoms with E-state index in [1.165, 1.54) is 26.2 Å². The van der Waals surface area contributed by atoms with Gasteiger partial charge in [0.2, 0.25) is 41.4 Å². The fourth-order valence-electron chi connectivity index (χ4n) is 13.7. The number of halogens is 3. The maximum absolute atomic E-state index is 14.8. The number of aliphatic hydroxyl groups excluding tert-OH is 1. The van der Waals surface area contributed by atoms with Gasteiger partial charge in [-0.05, 0) is 91.2 Å². The van der Waals surface area contributed by atoms with E-state index in [0.29, 0.717) is 49.8 Å². The molecule has 2 aliphatic rings. The molecule has 2 heterocycles. The van der Waals surface area contributed by atoms with Crippen molar-refractivity contribution >= 4 is 65.0 Å². The lowest BCUT2D eigenvalue weighted by Gasteiger charge is -2.41. The predicted molar refractivity (Wildman–Crippen MR) is 382 cm³/mol. The summed E-state index contributed by atoms with van der Waals surface area (Å²) in [5.41, 5.74) is 7.15. The van der Waals surface area contributed by atoms with Crippen LogP contribution in [0.2, 0.25) is 0 Å². The van der Waals surface area contributed by atoms with Gasteiger partial charge in [-0.2, -0.15) is 13.2 Å². The molecule has 0 spiro atoms. The van der Waals surface area contributed by atoms with Gasteiger partial charge in [-0.25, -0.2) is 9.59 Å². The molecular weight excluding hydrogens is 1340 g/mol. The van der Waals surface area contributed by atoms with Crippen LogP contribution in [-0.4, -0.2) is 205 Å². The van der Waals surface area contributed by atoms with E-state index in [1.54, 1.807) is 89.6 Å². The molecule has 0 aromatic heterocycles. The summed E-state index contributed by atoms with van der Waals surface area (Å²) in [6.07, 6.45) is -4.80. The number of urea groups is 1. The van der Waals surface area contributed by atoms with E-state index >= 15 is 0 Å². The number of ether oxygens (including phenoxy) is 3. The van der Waals surface area contributed by atoms with Gasteiger partial charge in [-0.3, -0.25) is 58.3 Å². The molecule has 0 saturated carbocycles. The van der Waals surface area contributed by atoms with Crippen LogP contribution in [0.1, 0.15) is 188 Å². The minimum absolute atomic E-state index is 0.0125. The molecule has 0 radical (unpaired) electrons. The fraction of sp³-hybridized carbons (Fsp3) is 0.693. The van der Waals surface area contributed by atoms with Crippen LogP contribution in [0.3, 0.4) is 0 Å². The molecule has 0 aliphatic carbocycles. The standard InChI is InChI=1S/C75H117F3N10O15/c1-15-48(8)66(58(101-13)43-62(93)87-40-24-29-56(87)68(102-14)50(10)57(90)41-49(9)67(94)53-25-18-16-19-26-53)85(11)72(98)64(46(4)5)84-71(97)65(47(6)7)86(12)74(100)103-44-52-33-31-51(32-34-52)42-54(89)27-22-37-80-69(95)55(28-23-38-81-73(79)99)82-70(96)63(45(2)3)83-59(75(76,77)78)30-20-17-21-39-88-60(91)35-36-61(88)92/h16,18-19,25-26,31-34,45-50,55-56,58-59,63-68,83,94H,15,17,20-24,27-30,35-44H2,1-14H3,(H,80,95)(H,82,96)(H,84,97)(H3,79,81,99). The Hall–Kier alpha value is -7.56. The quantitative estimate of drug-likeness (QED) is 0.0245. The average molecular weight is 1460 g/mol. The summed E-state index contributed by atoms with van der Waals surface area (Å²) in [4.78, 5) is 153. The van der Waals surface area contributed by atoms with Crippen LogP contribution in [-0.2, 0) is 70.4 Å². The summed E-state index contributed by atoms with van der Waals surface area (Å²) < 4.78 is 60.9. The molecule has 8 N–H and O–H groups in total. The van der Waals surface area contributed by atoms with Crippen LogP contribution in [0.25, 0.3) is 0 Å². The van der Waals surface area contributed by atoms with Gasteiger partial charge in [0.1, 0.15) is 42.3 Å². The number of rotatable bonds is 45. The third kappa shape index (κ3) is 27.1. The summed E-state index contributed by atoms with van der Waals surface area (Å²) in [5, 5.41) is 24.1. The molecule has 13 unspecified atom stereocenters. The Bertz CT molecular complexity index is 3070. The molecule has 10 amide bonds. The molecule has 2 aliphatic heterocycles. The van der Waals surface area contributed by atoms with Crippen LogP contribution in [0.4, 0.5) is 22.8 Å². The number of nitrogens with zero attached hydrogens (tertiary/aromatic N) is 4. The fourth-order valence-corrected chi connectivity index (χ4v) is 13.7. The Morgan fingerprint density at radius 2 is 1.32 bits per heavy atom. The molecule has 2 aromatic carbocycles. The van der Waals surface area contributed by atoms with Crippen LogP contribution in [0, 0.1) is 35.5 Å². The highest BCUT2D eigenvalue weighted by molar-refractivity contribution is 6.02. The van der Waals surface area contributed by atoms with Crippen molar-refractivity contribution in [3.63, 3.8) is 0 Å². The van der Waals surface area contributed by atoms with Gasteiger partial charge in [0.25, 0.3) is 0 Å². The van der Waals surface area contributed by atoms with Crippen LogP contribution < -0.4 is 32.3 Å². The SMILES string of the molecule is CCC(C)C(C(CC(=O)N1CCCC1C(OC)C(C)C(=O)CC(C)C(O)c1ccccc1)OC)N(C)C(=O)C(NC(=O)C(C(C)C)N(C)C(=O)OCc1ccc(CC(=O)CCCNC(=O)C(CCCNC(N)=O)NC(=O)C(NC(CCCCCN2C(=O)CCC2=O)C(F)(F)F)C(C)C)cc1)C(C)C. The average Bonchev–Trinajstić information content (AvgIpc) is 1.55. The number of methoxy groups -OCH3 is 2. The van der Waals surface area contributed by atoms with E-state index in [0.717, 1.165) is 10.5 Å². The van der Waals surface area contributed by atoms with E-state index in [1.807, 2.05) is 51.1 Å². The second kappa shape index (κ2) is 43.0. The normalized spacial score (nSPS) is 17.7. The summed E-state index contributed by atoms with van der Waals surface area (Å²) >= 11 is 0. The Balaban J connectivity index is 1.31. The van der Waals surface area contributed by atoms with Gasteiger partial charge in [0, 0.05) is 92.5 Å². The van der Waals surface area contributed by atoms with E-state index in [4.69, 9.17) is 19.9 Å². The molecule has 578 valence electrons.